The van der Waals surface area contributed by atoms with Crippen LogP contribution in [0.15, 0.2) is 78.4 Å². The molecule has 1 aliphatic rings. The SMILES string of the molecule is C#CC(=NC)c1ccc(F)cc1.C=C(C)c1ccc(F)cc1.CCC(=O)N1CCN(c2cc(C)ccn2)CC1. The second kappa shape index (κ2) is 15.8. The summed E-state index contributed by atoms with van der Waals surface area (Å²) in [7, 11) is 1.61. The Kier molecular flexibility index (Phi) is 12.5. The van der Waals surface area contributed by atoms with Gasteiger partial charge in [0.15, 0.2) is 0 Å². The van der Waals surface area contributed by atoms with Crippen molar-refractivity contribution in [2.45, 2.75) is 27.2 Å². The Balaban J connectivity index is 0.000000214. The molecule has 0 N–H and O–H groups in total. The second-order valence-electron chi connectivity index (χ2n) is 8.92. The lowest BCUT2D eigenvalue weighted by atomic mass is 10.1. The van der Waals surface area contributed by atoms with Crippen LogP contribution in [0.5, 0.6) is 0 Å². The number of piperazine rings is 1. The number of aromatic nitrogens is 1. The van der Waals surface area contributed by atoms with E-state index in [4.69, 9.17) is 6.42 Å². The molecule has 0 saturated carbocycles. The fraction of sp³-hybridized carbons (Fsp3) is 0.281. The minimum absolute atomic E-state index is 0.204. The highest BCUT2D eigenvalue weighted by molar-refractivity contribution is 6.12. The Morgan fingerprint density at radius 2 is 1.54 bits per heavy atom. The molecule has 1 fully saturated rings. The molecule has 0 radical (unpaired) electrons. The van der Waals surface area contributed by atoms with E-state index in [1.54, 1.807) is 31.3 Å². The first kappa shape index (κ1) is 30.9. The Labute approximate surface area is 230 Å². The molecule has 0 atom stereocenters. The van der Waals surface area contributed by atoms with Gasteiger partial charge in [0.05, 0.1) is 0 Å². The van der Waals surface area contributed by atoms with E-state index in [0.29, 0.717) is 12.1 Å². The summed E-state index contributed by atoms with van der Waals surface area (Å²) in [4.78, 5) is 24.0. The van der Waals surface area contributed by atoms with Crippen LogP contribution in [0.1, 0.15) is 37.0 Å². The van der Waals surface area contributed by atoms with Gasteiger partial charge in [-0.3, -0.25) is 9.79 Å². The Morgan fingerprint density at radius 1 is 1.00 bits per heavy atom. The third kappa shape index (κ3) is 10.2. The summed E-state index contributed by atoms with van der Waals surface area (Å²) in [5, 5.41) is 0. The minimum atomic E-state index is -0.272. The summed E-state index contributed by atoms with van der Waals surface area (Å²) in [6.45, 7) is 13.0. The standard InChI is InChI=1S/C13H19N3O.C10H8FN.C9H9F/c1-3-13(17)16-8-6-15(7-9-16)12-10-11(2)4-5-14-12;1-3-10(12-2)8-4-6-9(11)7-5-8;1-7(2)8-3-5-9(10)6-4-8/h4-5,10H,3,6-9H2,1-2H3;1,4-7H,2H3;3-6H,1H2,2H3. The maximum atomic E-state index is 12.5. The van der Waals surface area contributed by atoms with Crippen LogP contribution in [0.25, 0.3) is 5.57 Å². The van der Waals surface area contributed by atoms with E-state index in [1.807, 2.05) is 31.0 Å². The molecular weight excluding hydrogens is 494 g/mol. The zero-order chi connectivity index (χ0) is 28.8. The van der Waals surface area contributed by atoms with Crippen LogP contribution in [-0.2, 0) is 4.79 Å². The van der Waals surface area contributed by atoms with Crippen LogP contribution in [0, 0.1) is 30.9 Å². The smallest absolute Gasteiger partial charge is 0.222 e. The van der Waals surface area contributed by atoms with Crippen molar-refractivity contribution in [2.24, 2.45) is 4.99 Å². The van der Waals surface area contributed by atoms with Crippen LogP contribution in [-0.4, -0.2) is 54.7 Å². The number of hydrogen-bond acceptors (Lipinski definition) is 4. The number of pyridine rings is 1. The summed E-state index contributed by atoms with van der Waals surface area (Å²) in [6.07, 6.45) is 7.62. The van der Waals surface area contributed by atoms with Crippen molar-refractivity contribution in [3.8, 4) is 12.3 Å². The lowest BCUT2D eigenvalue weighted by Crippen LogP contribution is -2.48. The van der Waals surface area contributed by atoms with Crippen LogP contribution < -0.4 is 4.90 Å². The summed E-state index contributed by atoms with van der Waals surface area (Å²) >= 11 is 0. The van der Waals surface area contributed by atoms with Crippen molar-refractivity contribution in [3.05, 3.63) is 102 Å². The fourth-order valence-corrected chi connectivity index (χ4v) is 3.72. The second-order valence-corrected chi connectivity index (χ2v) is 8.92. The molecule has 204 valence electrons. The van der Waals surface area contributed by atoms with Gasteiger partial charge in [0.2, 0.25) is 5.91 Å². The number of benzene rings is 2. The van der Waals surface area contributed by atoms with Gasteiger partial charge in [-0.2, -0.15) is 0 Å². The minimum Gasteiger partial charge on any atom is -0.353 e. The maximum Gasteiger partial charge on any atom is 0.222 e. The molecule has 0 aliphatic carbocycles. The first-order chi connectivity index (χ1) is 18.7. The summed E-state index contributed by atoms with van der Waals surface area (Å²) in [5.41, 5.74) is 4.47. The highest BCUT2D eigenvalue weighted by Gasteiger charge is 2.20. The lowest BCUT2D eigenvalue weighted by molar-refractivity contribution is -0.131. The topological polar surface area (TPSA) is 48.8 Å². The molecule has 39 heavy (non-hydrogen) atoms. The molecule has 2 heterocycles. The van der Waals surface area contributed by atoms with Gasteiger partial charge >= 0.3 is 0 Å². The quantitative estimate of drug-likeness (QED) is 0.299. The van der Waals surface area contributed by atoms with Gasteiger partial charge in [0.25, 0.3) is 0 Å². The van der Waals surface area contributed by atoms with E-state index < -0.39 is 0 Å². The van der Waals surface area contributed by atoms with E-state index in [9.17, 15) is 13.6 Å². The zero-order valence-electron chi connectivity index (χ0n) is 23.1. The predicted molar refractivity (Wildman–Crippen MR) is 157 cm³/mol. The number of aryl methyl sites for hydroxylation is 1. The Bertz CT molecular complexity index is 1290. The molecule has 3 aromatic rings. The molecule has 1 amide bonds. The lowest BCUT2D eigenvalue weighted by Gasteiger charge is -2.35. The third-order valence-electron chi connectivity index (χ3n) is 5.97. The number of amides is 1. The van der Waals surface area contributed by atoms with Crippen molar-refractivity contribution in [1.82, 2.24) is 9.88 Å². The van der Waals surface area contributed by atoms with E-state index in [1.165, 1.54) is 29.8 Å². The van der Waals surface area contributed by atoms with Gasteiger partial charge in [0.1, 0.15) is 23.2 Å². The molecule has 0 bridgehead atoms. The number of rotatable bonds is 4. The number of nitrogens with zero attached hydrogens (tertiary/aromatic N) is 4. The van der Waals surface area contributed by atoms with Gasteiger partial charge in [-0.05, 0) is 73.5 Å². The molecule has 0 spiro atoms. The number of carbonyl (C=O) groups is 1. The summed E-state index contributed by atoms with van der Waals surface area (Å²) in [6, 6.07) is 16.3. The molecule has 1 aromatic heterocycles. The summed E-state index contributed by atoms with van der Waals surface area (Å²) < 4.78 is 24.8. The van der Waals surface area contributed by atoms with Crippen molar-refractivity contribution in [2.75, 3.05) is 38.1 Å². The first-order valence-electron chi connectivity index (χ1n) is 12.7. The average Bonchev–Trinajstić information content (AvgIpc) is 2.95. The highest BCUT2D eigenvalue weighted by atomic mass is 19.1. The molecule has 0 unspecified atom stereocenters. The van der Waals surface area contributed by atoms with Crippen LogP contribution in [0.3, 0.4) is 0 Å². The number of halogens is 2. The highest BCUT2D eigenvalue weighted by Crippen LogP contribution is 2.15. The molecular formula is C32H36F2N4O. The molecule has 1 saturated heterocycles. The van der Waals surface area contributed by atoms with Crippen molar-refractivity contribution < 1.29 is 13.6 Å². The van der Waals surface area contributed by atoms with E-state index >= 15 is 0 Å². The number of terminal acetylenes is 1. The first-order valence-corrected chi connectivity index (χ1v) is 12.7. The Morgan fingerprint density at radius 3 is 1.97 bits per heavy atom. The van der Waals surface area contributed by atoms with Gasteiger partial charge in [0, 0.05) is 51.4 Å². The van der Waals surface area contributed by atoms with Crippen LogP contribution >= 0.6 is 0 Å². The van der Waals surface area contributed by atoms with Crippen molar-refractivity contribution >= 4 is 23.0 Å². The number of aliphatic imine (C=N–C) groups is 1. The predicted octanol–water partition coefficient (Wildman–Crippen LogP) is 6.19. The van der Waals surface area contributed by atoms with Crippen molar-refractivity contribution in [1.29, 1.82) is 0 Å². The third-order valence-corrected chi connectivity index (χ3v) is 5.97. The normalized spacial score (nSPS) is 12.8. The van der Waals surface area contributed by atoms with Crippen LogP contribution in [0.4, 0.5) is 14.6 Å². The monoisotopic (exact) mass is 530 g/mol. The van der Waals surface area contributed by atoms with E-state index in [0.717, 1.165) is 48.7 Å². The zero-order valence-corrected chi connectivity index (χ0v) is 23.1. The van der Waals surface area contributed by atoms with E-state index in [-0.39, 0.29) is 17.5 Å². The largest absolute Gasteiger partial charge is 0.353 e. The van der Waals surface area contributed by atoms with E-state index in [2.05, 4.69) is 40.4 Å². The maximum absolute atomic E-state index is 12.5. The number of allylic oxidation sites excluding steroid dienone is 1. The van der Waals surface area contributed by atoms with Gasteiger partial charge in [-0.1, -0.05) is 37.1 Å². The number of carbonyl (C=O) groups excluding carboxylic acids is 1. The van der Waals surface area contributed by atoms with Crippen LogP contribution in [0.2, 0.25) is 0 Å². The Hall–Kier alpha value is -4.31. The molecule has 2 aromatic carbocycles. The summed E-state index contributed by atoms with van der Waals surface area (Å²) in [5.74, 6) is 3.21. The molecule has 5 nitrogen and oxygen atoms in total. The van der Waals surface area contributed by atoms with Crippen molar-refractivity contribution in [3.63, 3.8) is 0 Å². The van der Waals surface area contributed by atoms with Gasteiger partial charge in [-0.25, -0.2) is 13.8 Å². The van der Waals surface area contributed by atoms with Gasteiger partial charge in [-0.15, -0.1) is 6.42 Å². The molecule has 7 heteroatoms. The molecule has 1 aliphatic heterocycles. The average molecular weight is 531 g/mol. The molecule has 4 rings (SSSR count). The number of hydrogen-bond donors (Lipinski definition) is 0. The number of anilines is 1. The fourth-order valence-electron chi connectivity index (χ4n) is 3.72. The van der Waals surface area contributed by atoms with Gasteiger partial charge < -0.3 is 9.80 Å².